The van der Waals surface area contributed by atoms with Crippen molar-refractivity contribution >= 4 is 29.3 Å². The van der Waals surface area contributed by atoms with Gasteiger partial charge in [-0.15, -0.1) is 11.8 Å². The van der Waals surface area contributed by atoms with Crippen LogP contribution in [0.3, 0.4) is 0 Å². The Hall–Kier alpha value is -0.490. The molecule has 3 atom stereocenters. The van der Waals surface area contributed by atoms with E-state index in [2.05, 4.69) is 17.1 Å². The van der Waals surface area contributed by atoms with Crippen molar-refractivity contribution in [2.75, 3.05) is 11.5 Å². The lowest BCUT2D eigenvalue weighted by Crippen LogP contribution is -2.17. The van der Waals surface area contributed by atoms with Crippen molar-refractivity contribution < 1.29 is 9.32 Å². The lowest BCUT2D eigenvalue weighted by atomic mass is 10.1. The van der Waals surface area contributed by atoms with Crippen molar-refractivity contribution in [3.8, 4) is 0 Å². The molecule has 0 bridgehead atoms. The number of hydrogen-bond donors (Lipinski definition) is 0. The molecule has 0 amide bonds. The lowest BCUT2D eigenvalue weighted by molar-refractivity contribution is -0.118. The molecule has 1 aliphatic rings. The molecule has 0 radical (unpaired) electrons. The molecule has 1 saturated heterocycles. The van der Waals surface area contributed by atoms with Crippen molar-refractivity contribution in [2.24, 2.45) is 0 Å². The summed E-state index contributed by atoms with van der Waals surface area (Å²) in [7, 11) is 0. The molecule has 1 fully saturated rings. The van der Waals surface area contributed by atoms with Gasteiger partial charge < -0.3 is 4.52 Å². The second-order valence-electron chi connectivity index (χ2n) is 4.19. The third-order valence-corrected chi connectivity index (χ3v) is 5.97. The molecule has 0 N–H and O–H groups in total. The zero-order valence-corrected chi connectivity index (χ0v) is 11.8. The summed E-state index contributed by atoms with van der Waals surface area (Å²) < 4.78 is 5.18. The molecular formula is C11H16N2O2S2. The van der Waals surface area contributed by atoms with Gasteiger partial charge in [0.25, 0.3) is 0 Å². The predicted octanol–water partition coefficient (Wildman–Crippen LogP) is 2.67. The van der Waals surface area contributed by atoms with Gasteiger partial charge in [0.1, 0.15) is 5.78 Å². The molecule has 1 aliphatic heterocycles. The van der Waals surface area contributed by atoms with Gasteiger partial charge in [0.05, 0.1) is 11.2 Å². The second-order valence-corrected chi connectivity index (χ2v) is 6.93. The smallest absolute Gasteiger partial charge is 0.236 e. The summed E-state index contributed by atoms with van der Waals surface area (Å²) in [5.41, 5.74) is 0. The summed E-state index contributed by atoms with van der Waals surface area (Å²) in [5, 5.41) is 4.80. The Morgan fingerprint density at radius 1 is 1.47 bits per heavy atom. The maximum Gasteiger partial charge on any atom is 0.236 e. The average Bonchev–Trinajstić information content (AvgIpc) is 2.77. The number of thioether (sulfide) groups is 2. The van der Waals surface area contributed by atoms with Gasteiger partial charge in [-0.05, 0) is 13.8 Å². The van der Waals surface area contributed by atoms with E-state index in [0.717, 1.165) is 11.6 Å². The first-order chi connectivity index (χ1) is 8.09. The highest BCUT2D eigenvalue weighted by atomic mass is 32.2. The lowest BCUT2D eigenvalue weighted by Gasteiger charge is -2.24. The van der Waals surface area contributed by atoms with Gasteiger partial charge in [-0.3, -0.25) is 4.79 Å². The maximum absolute atomic E-state index is 11.3. The van der Waals surface area contributed by atoms with E-state index in [0.29, 0.717) is 11.1 Å². The molecule has 1 aromatic rings. The van der Waals surface area contributed by atoms with E-state index in [1.54, 1.807) is 13.8 Å². The van der Waals surface area contributed by atoms with Crippen molar-refractivity contribution in [2.45, 2.75) is 37.2 Å². The van der Waals surface area contributed by atoms with Crippen LogP contribution in [0.1, 0.15) is 43.7 Å². The predicted molar refractivity (Wildman–Crippen MR) is 70.5 cm³/mol. The Bertz CT molecular complexity index is 408. The number of carbonyl (C=O) groups excluding carboxylic acids is 1. The van der Waals surface area contributed by atoms with Crippen LogP contribution in [0, 0.1) is 0 Å². The highest BCUT2D eigenvalue weighted by Gasteiger charge is 2.29. The number of Topliss-reactive ketones (excluding diaryl/α,β-unsaturated/α-hetero) is 1. The van der Waals surface area contributed by atoms with Crippen LogP contribution >= 0.6 is 23.5 Å². The summed E-state index contributed by atoms with van der Waals surface area (Å²) in [6.45, 7) is 5.53. The Morgan fingerprint density at radius 3 is 2.82 bits per heavy atom. The molecule has 4 nitrogen and oxygen atoms in total. The minimum atomic E-state index is -0.298. The van der Waals surface area contributed by atoms with Crippen LogP contribution in [0.2, 0.25) is 0 Å². The van der Waals surface area contributed by atoms with Crippen LogP contribution in [0.5, 0.6) is 0 Å². The van der Waals surface area contributed by atoms with E-state index in [1.807, 2.05) is 23.5 Å². The number of rotatable bonds is 3. The minimum absolute atomic E-state index is 0.0546. The zero-order valence-electron chi connectivity index (χ0n) is 10.2. The first-order valence-electron chi connectivity index (χ1n) is 5.66. The van der Waals surface area contributed by atoms with Gasteiger partial charge in [0, 0.05) is 16.8 Å². The fourth-order valence-corrected chi connectivity index (χ4v) is 4.31. The van der Waals surface area contributed by atoms with E-state index in [9.17, 15) is 4.79 Å². The molecule has 0 aromatic carbocycles. The Labute approximate surface area is 109 Å². The summed E-state index contributed by atoms with van der Waals surface area (Å²) in [5.74, 6) is 3.23. The number of carbonyl (C=O) groups is 1. The van der Waals surface area contributed by atoms with Crippen molar-refractivity contribution in [3.05, 3.63) is 11.7 Å². The van der Waals surface area contributed by atoms with E-state index < -0.39 is 0 Å². The molecule has 0 spiro atoms. The number of hydrogen-bond acceptors (Lipinski definition) is 6. The van der Waals surface area contributed by atoms with Gasteiger partial charge >= 0.3 is 0 Å². The van der Waals surface area contributed by atoms with Gasteiger partial charge in [0.15, 0.2) is 5.82 Å². The van der Waals surface area contributed by atoms with Crippen LogP contribution in [-0.2, 0) is 4.79 Å². The zero-order chi connectivity index (χ0) is 12.4. The van der Waals surface area contributed by atoms with Crippen molar-refractivity contribution in [1.82, 2.24) is 10.1 Å². The molecule has 2 rings (SSSR count). The maximum atomic E-state index is 11.3. The Balaban J connectivity index is 2.14. The minimum Gasteiger partial charge on any atom is -0.339 e. The number of ketones is 1. The number of nitrogens with zero attached hydrogens (tertiary/aromatic N) is 2. The molecule has 94 valence electrons. The summed E-state index contributed by atoms with van der Waals surface area (Å²) >= 11 is 3.80. The van der Waals surface area contributed by atoms with Gasteiger partial charge in [-0.1, -0.05) is 12.1 Å². The molecule has 6 heteroatoms. The third kappa shape index (κ3) is 2.85. The van der Waals surface area contributed by atoms with Crippen LogP contribution in [0.25, 0.3) is 0 Å². The van der Waals surface area contributed by atoms with Gasteiger partial charge in [0.2, 0.25) is 5.89 Å². The van der Waals surface area contributed by atoms with Gasteiger partial charge in [-0.2, -0.15) is 16.7 Å². The van der Waals surface area contributed by atoms with Crippen LogP contribution in [-0.4, -0.2) is 32.7 Å². The molecule has 1 aromatic heterocycles. The second kappa shape index (κ2) is 5.44. The largest absolute Gasteiger partial charge is 0.339 e. The highest BCUT2D eigenvalue weighted by Crippen LogP contribution is 2.41. The molecular weight excluding hydrogens is 256 g/mol. The fraction of sp³-hybridized carbons (Fsp3) is 0.727. The summed E-state index contributed by atoms with van der Waals surface area (Å²) in [6, 6.07) is 0. The van der Waals surface area contributed by atoms with Gasteiger partial charge in [-0.25, -0.2) is 0 Å². The standard InChI is InChI=1S/C11H16N2O2S2/c1-6(7(2)14)11-12-10(13-15-11)9-8(3)16-4-5-17-9/h6,8-9H,4-5H2,1-3H3. The fourth-order valence-electron chi connectivity index (χ4n) is 1.63. The average molecular weight is 272 g/mol. The van der Waals surface area contributed by atoms with E-state index in [4.69, 9.17) is 4.52 Å². The van der Waals surface area contributed by atoms with Crippen LogP contribution in [0.4, 0.5) is 0 Å². The first kappa shape index (κ1) is 13.0. The van der Waals surface area contributed by atoms with E-state index in [1.165, 1.54) is 5.75 Å². The molecule has 2 heterocycles. The van der Waals surface area contributed by atoms with Crippen molar-refractivity contribution in [3.63, 3.8) is 0 Å². The van der Waals surface area contributed by atoms with E-state index in [-0.39, 0.29) is 17.0 Å². The SMILES string of the molecule is CC(=O)C(C)c1nc(C2SCCSC2C)no1. The summed E-state index contributed by atoms with van der Waals surface area (Å²) in [6.07, 6.45) is 0. The molecule has 0 saturated carbocycles. The Kier molecular flexibility index (Phi) is 4.14. The van der Waals surface area contributed by atoms with Crippen LogP contribution < -0.4 is 0 Å². The number of aromatic nitrogens is 2. The summed E-state index contributed by atoms with van der Waals surface area (Å²) in [4.78, 5) is 15.6. The highest BCUT2D eigenvalue weighted by molar-refractivity contribution is 8.06. The quantitative estimate of drug-likeness (QED) is 0.843. The molecule has 3 unspecified atom stereocenters. The van der Waals surface area contributed by atoms with Crippen molar-refractivity contribution in [1.29, 1.82) is 0 Å². The van der Waals surface area contributed by atoms with E-state index >= 15 is 0 Å². The Morgan fingerprint density at radius 2 is 2.18 bits per heavy atom. The third-order valence-electron chi connectivity index (χ3n) is 2.88. The first-order valence-corrected chi connectivity index (χ1v) is 7.76. The normalized spacial score (nSPS) is 26.8. The monoisotopic (exact) mass is 272 g/mol. The topological polar surface area (TPSA) is 56.0 Å². The molecule has 17 heavy (non-hydrogen) atoms. The molecule has 0 aliphatic carbocycles. The van der Waals surface area contributed by atoms with Crippen LogP contribution in [0.15, 0.2) is 4.52 Å².